The summed E-state index contributed by atoms with van der Waals surface area (Å²) in [5, 5.41) is 4.42. The number of benzene rings is 1. The zero-order chi connectivity index (χ0) is 13.2. The lowest BCUT2D eigenvalue weighted by molar-refractivity contribution is 0.0931. The van der Waals surface area contributed by atoms with Gasteiger partial charge >= 0.3 is 0 Å². The summed E-state index contributed by atoms with van der Waals surface area (Å²) in [4.78, 5) is 13.3. The van der Waals surface area contributed by atoms with E-state index in [1.54, 1.807) is 11.3 Å². The van der Waals surface area contributed by atoms with Gasteiger partial charge in [-0.3, -0.25) is 4.79 Å². The number of thiophene rings is 1. The maximum absolute atomic E-state index is 12.4. The second-order valence-corrected chi connectivity index (χ2v) is 6.41. The van der Waals surface area contributed by atoms with E-state index < -0.39 is 0 Å². The van der Waals surface area contributed by atoms with Crippen LogP contribution in [0.4, 0.5) is 0 Å². The average molecular weight is 273 g/mol. The van der Waals surface area contributed by atoms with Crippen molar-refractivity contribution in [1.82, 2.24) is 5.32 Å². The third-order valence-electron chi connectivity index (χ3n) is 3.99. The van der Waals surface area contributed by atoms with Crippen LogP contribution in [0.25, 0.3) is 10.1 Å². The molecule has 1 heterocycles. The summed E-state index contributed by atoms with van der Waals surface area (Å²) >= 11 is 1.61. The van der Waals surface area contributed by atoms with Crippen LogP contribution in [0, 0.1) is 6.92 Å². The zero-order valence-electron chi connectivity index (χ0n) is 11.2. The van der Waals surface area contributed by atoms with Crippen LogP contribution in [0.1, 0.15) is 47.3 Å². The average Bonchev–Trinajstić information content (AvgIpc) is 2.78. The predicted molar refractivity (Wildman–Crippen MR) is 80.9 cm³/mol. The molecule has 0 atom stereocenters. The van der Waals surface area contributed by atoms with E-state index in [2.05, 4.69) is 24.4 Å². The van der Waals surface area contributed by atoms with Crippen molar-refractivity contribution in [3.8, 4) is 0 Å². The molecule has 1 aliphatic carbocycles. The molecular formula is C16H19NOS. The lowest BCUT2D eigenvalue weighted by Gasteiger charge is -2.22. The topological polar surface area (TPSA) is 29.1 Å². The first-order chi connectivity index (χ1) is 9.25. The predicted octanol–water partition coefficient (Wildman–Crippen LogP) is 4.27. The van der Waals surface area contributed by atoms with Gasteiger partial charge in [-0.1, -0.05) is 37.5 Å². The minimum absolute atomic E-state index is 0.116. The first kappa shape index (κ1) is 12.7. The Morgan fingerprint density at radius 1 is 1.21 bits per heavy atom. The maximum atomic E-state index is 12.4. The largest absolute Gasteiger partial charge is 0.349 e. The molecule has 19 heavy (non-hydrogen) atoms. The van der Waals surface area contributed by atoms with Crippen LogP contribution in [0.15, 0.2) is 24.3 Å². The van der Waals surface area contributed by atoms with E-state index in [-0.39, 0.29) is 5.91 Å². The van der Waals surface area contributed by atoms with Crippen LogP contribution in [0.2, 0.25) is 0 Å². The molecule has 100 valence electrons. The molecule has 1 saturated carbocycles. The number of amides is 1. The molecule has 0 bridgehead atoms. The summed E-state index contributed by atoms with van der Waals surface area (Å²) in [5.74, 6) is 0.116. The molecule has 0 radical (unpaired) electrons. The van der Waals surface area contributed by atoms with Gasteiger partial charge in [-0.05, 0) is 36.8 Å². The summed E-state index contributed by atoms with van der Waals surface area (Å²) in [6.45, 7) is 2.05. The van der Waals surface area contributed by atoms with Crippen molar-refractivity contribution in [2.75, 3.05) is 0 Å². The van der Waals surface area contributed by atoms with Gasteiger partial charge in [-0.15, -0.1) is 11.3 Å². The van der Waals surface area contributed by atoms with Crippen LogP contribution < -0.4 is 5.32 Å². The molecule has 3 rings (SSSR count). The molecule has 0 aliphatic heterocycles. The second kappa shape index (κ2) is 5.33. The lowest BCUT2D eigenvalue weighted by Crippen LogP contribution is -2.36. The van der Waals surface area contributed by atoms with Gasteiger partial charge < -0.3 is 5.32 Å². The Hall–Kier alpha value is -1.35. The molecule has 1 aliphatic rings. The normalized spacial score (nSPS) is 16.7. The van der Waals surface area contributed by atoms with Gasteiger partial charge in [0.2, 0.25) is 0 Å². The minimum Gasteiger partial charge on any atom is -0.349 e. The molecular weight excluding hydrogens is 254 g/mol. The molecule has 1 fully saturated rings. The molecule has 1 aromatic heterocycles. The molecule has 2 nitrogen and oxygen atoms in total. The molecule has 0 saturated heterocycles. The van der Waals surface area contributed by atoms with Crippen molar-refractivity contribution in [3.63, 3.8) is 0 Å². The number of hydrogen-bond acceptors (Lipinski definition) is 2. The minimum atomic E-state index is 0.116. The van der Waals surface area contributed by atoms with Crippen LogP contribution in [0.5, 0.6) is 0 Å². The Labute approximate surface area is 117 Å². The highest BCUT2D eigenvalue weighted by Crippen LogP contribution is 2.30. The number of carbonyl (C=O) groups is 1. The highest BCUT2D eigenvalue weighted by atomic mass is 32.1. The molecule has 3 heteroatoms. The summed E-state index contributed by atoms with van der Waals surface area (Å²) in [5.41, 5.74) is 1.12. The number of carbonyl (C=O) groups excluding carboxylic acids is 1. The highest BCUT2D eigenvalue weighted by Gasteiger charge is 2.20. The number of nitrogens with one attached hydrogen (secondary N) is 1. The van der Waals surface area contributed by atoms with Gasteiger partial charge in [-0.2, -0.15) is 0 Å². The summed E-state index contributed by atoms with van der Waals surface area (Å²) in [6.07, 6.45) is 6.08. The van der Waals surface area contributed by atoms with Gasteiger partial charge in [0.05, 0.1) is 4.88 Å². The van der Waals surface area contributed by atoms with Crippen molar-refractivity contribution in [3.05, 3.63) is 34.7 Å². The highest BCUT2D eigenvalue weighted by molar-refractivity contribution is 7.21. The molecule has 0 spiro atoms. The number of aryl methyl sites for hydroxylation is 1. The molecule has 1 N–H and O–H groups in total. The smallest absolute Gasteiger partial charge is 0.261 e. The Morgan fingerprint density at radius 3 is 2.68 bits per heavy atom. The first-order valence-corrected chi connectivity index (χ1v) is 7.86. The molecule has 2 aromatic rings. The maximum Gasteiger partial charge on any atom is 0.261 e. The van der Waals surface area contributed by atoms with E-state index in [4.69, 9.17) is 0 Å². The quantitative estimate of drug-likeness (QED) is 0.869. The summed E-state index contributed by atoms with van der Waals surface area (Å²) < 4.78 is 1.20. The molecule has 1 amide bonds. The van der Waals surface area contributed by atoms with E-state index >= 15 is 0 Å². The second-order valence-electron chi connectivity index (χ2n) is 5.36. The molecule has 0 unspecified atom stereocenters. The number of rotatable bonds is 2. The van der Waals surface area contributed by atoms with Crippen molar-refractivity contribution in [2.24, 2.45) is 0 Å². The SMILES string of the molecule is Cc1c(C(=O)NC2CCCCC2)sc2ccccc12. The Morgan fingerprint density at radius 2 is 1.95 bits per heavy atom. The van der Waals surface area contributed by atoms with Crippen LogP contribution in [-0.4, -0.2) is 11.9 Å². The Kier molecular flexibility index (Phi) is 3.56. The summed E-state index contributed by atoms with van der Waals surface area (Å²) in [7, 11) is 0. The van der Waals surface area contributed by atoms with Crippen molar-refractivity contribution < 1.29 is 4.79 Å². The van der Waals surface area contributed by atoms with E-state index in [1.165, 1.54) is 29.3 Å². The van der Waals surface area contributed by atoms with Gasteiger partial charge in [0.15, 0.2) is 0 Å². The van der Waals surface area contributed by atoms with Crippen molar-refractivity contribution in [2.45, 2.75) is 45.1 Å². The number of hydrogen-bond donors (Lipinski definition) is 1. The standard InChI is InChI=1S/C16H19NOS/c1-11-13-9-5-6-10-14(13)19-15(11)16(18)17-12-7-3-2-4-8-12/h5-6,9-10,12H,2-4,7-8H2,1H3,(H,17,18). The van der Waals surface area contributed by atoms with Crippen molar-refractivity contribution >= 4 is 27.3 Å². The fourth-order valence-corrected chi connectivity index (χ4v) is 4.00. The Balaban J connectivity index is 1.83. The van der Waals surface area contributed by atoms with Gasteiger partial charge in [0, 0.05) is 10.7 Å². The third kappa shape index (κ3) is 2.52. The zero-order valence-corrected chi connectivity index (χ0v) is 12.1. The van der Waals surface area contributed by atoms with Crippen LogP contribution in [-0.2, 0) is 0 Å². The van der Waals surface area contributed by atoms with E-state index in [0.29, 0.717) is 6.04 Å². The molecule has 1 aromatic carbocycles. The van der Waals surface area contributed by atoms with Crippen molar-refractivity contribution in [1.29, 1.82) is 0 Å². The monoisotopic (exact) mass is 273 g/mol. The van der Waals surface area contributed by atoms with Crippen LogP contribution in [0.3, 0.4) is 0 Å². The van der Waals surface area contributed by atoms with Crippen LogP contribution >= 0.6 is 11.3 Å². The van der Waals surface area contributed by atoms with E-state index in [1.807, 2.05) is 12.1 Å². The van der Waals surface area contributed by atoms with E-state index in [0.717, 1.165) is 23.3 Å². The lowest BCUT2D eigenvalue weighted by atomic mass is 9.95. The van der Waals surface area contributed by atoms with Gasteiger partial charge in [0.25, 0.3) is 5.91 Å². The van der Waals surface area contributed by atoms with Gasteiger partial charge in [0.1, 0.15) is 0 Å². The third-order valence-corrected chi connectivity index (χ3v) is 5.26. The van der Waals surface area contributed by atoms with E-state index in [9.17, 15) is 4.79 Å². The summed E-state index contributed by atoms with van der Waals surface area (Å²) in [6, 6.07) is 8.63. The van der Waals surface area contributed by atoms with Gasteiger partial charge in [-0.25, -0.2) is 0 Å². The fourth-order valence-electron chi connectivity index (χ4n) is 2.89. The number of fused-ring (bicyclic) bond motifs is 1. The first-order valence-electron chi connectivity index (χ1n) is 7.04. The Bertz CT molecular complexity index is 596. The fraction of sp³-hybridized carbons (Fsp3) is 0.438.